The molecule has 0 spiro atoms. The summed E-state index contributed by atoms with van der Waals surface area (Å²) in [5.74, 6) is -0.632. The third-order valence-corrected chi connectivity index (χ3v) is 8.03. The molecule has 4 aromatic rings. The smallest absolute Gasteiger partial charge is 0.330 e. The summed E-state index contributed by atoms with van der Waals surface area (Å²) in [7, 11) is 0. The van der Waals surface area contributed by atoms with Gasteiger partial charge in [-0.1, -0.05) is 0 Å². The molecule has 226 valence electrons. The number of aromatic amines is 1. The highest BCUT2D eigenvalue weighted by molar-refractivity contribution is 6.28. The molecule has 0 aliphatic carbocycles. The van der Waals surface area contributed by atoms with Gasteiger partial charge in [0.2, 0.25) is 10.6 Å². The van der Waals surface area contributed by atoms with E-state index in [-0.39, 0.29) is 40.1 Å². The van der Waals surface area contributed by atoms with Gasteiger partial charge in [0.1, 0.15) is 17.1 Å². The summed E-state index contributed by atoms with van der Waals surface area (Å²) < 4.78 is 27.2. The second kappa shape index (κ2) is 12.0. The number of fused-ring (bicyclic) bond motifs is 2. The number of rotatable bonds is 4. The molecule has 7 rings (SSSR count). The first kappa shape index (κ1) is 29.2. The molecule has 14 nitrogen and oxygen atoms in total. The summed E-state index contributed by atoms with van der Waals surface area (Å²) in [5.41, 5.74) is 2.13. The Morgan fingerprint density at radius 2 is 1.50 bits per heavy atom. The third kappa shape index (κ3) is 5.96. The maximum atomic E-state index is 13.1. The summed E-state index contributed by atoms with van der Waals surface area (Å²) in [4.78, 5) is 44.1. The fraction of sp³-hybridized carbons (Fsp3) is 0.615. The largest absolute Gasteiger partial charge is 0.381 e. The van der Waals surface area contributed by atoms with E-state index in [2.05, 4.69) is 24.9 Å². The average molecular weight is 623 g/mol. The standard InChI is InChI=1S/C16H21ClN4O4.C10H11ClN4O2/c1-16(2)24-9-11(25-16)8-20-12-7-18-14(17)19-13(12)21(15(20)22)10-3-5-23-6-4-10;11-9-12-5-7-8(14-9)15(10(16)13-7)6-1-3-17-4-2-6/h7,10-11H,3-6,8-9H2,1-2H3;5-6H,1-4H2,(H,13,16)/t11-;/m1./s1. The molecule has 3 saturated heterocycles. The Balaban J connectivity index is 0.000000162. The van der Waals surface area contributed by atoms with Crippen molar-refractivity contribution in [1.29, 1.82) is 0 Å². The van der Waals surface area contributed by atoms with Crippen molar-refractivity contribution < 1.29 is 18.9 Å². The van der Waals surface area contributed by atoms with E-state index in [0.717, 1.165) is 25.7 Å². The van der Waals surface area contributed by atoms with Gasteiger partial charge in [-0.3, -0.25) is 13.7 Å². The van der Waals surface area contributed by atoms with Crippen molar-refractivity contribution in [3.05, 3.63) is 43.9 Å². The second-order valence-corrected chi connectivity index (χ2v) is 11.6. The van der Waals surface area contributed by atoms with Crippen LogP contribution in [0.25, 0.3) is 22.3 Å². The number of imidazole rings is 2. The van der Waals surface area contributed by atoms with Crippen LogP contribution in [0.3, 0.4) is 0 Å². The van der Waals surface area contributed by atoms with Crippen molar-refractivity contribution in [3.63, 3.8) is 0 Å². The van der Waals surface area contributed by atoms with E-state index < -0.39 is 5.79 Å². The zero-order chi connectivity index (χ0) is 29.4. The van der Waals surface area contributed by atoms with Gasteiger partial charge in [-0.15, -0.1) is 0 Å². The minimum Gasteiger partial charge on any atom is -0.381 e. The first-order valence-corrected chi connectivity index (χ1v) is 14.7. The van der Waals surface area contributed by atoms with Crippen LogP contribution in [0.5, 0.6) is 0 Å². The van der Waals surface area contributed by atoms with Gasteiger partial charge in [0.05, 0.1) is 25.5 Å². The first-order chi connectivity index (χ1) is 20.2. The molecule has 3 fully saturated rings. The molecule has 1 N–H and O–H groups in total. The minimum atomic E-state index is -0.632. The van der Waals surface area contributed by atoms with Gasteiger partial charge in [0.15, 0.2) is 17.1 Å². The van der Waals surface area contributed by atoms with Crippen molar-refractivity contribution in [2.24, 2.45) is 0 Å². The molecule has 0 aromatic carbocycles. The Bertz CT molecular complexity index is 1690. The van der Waals surface area contributed by atoms with Crippen LogP contribution in [0, 0.1) is 0 Å². The molecule has 3 aliphatic heterocycles. The molecule has 3 aliphatic rings. The van der Waals surface area contributed by atoms with Gasteiger partial charge in [-0.25, -0.2) is 19.6 Å². The summed E-state index contributed by atoms with van der Waals surface area (Å²) in [6.45, 7) is 7.17. The van der Waals surface area contributed by atoms with Gasteiger partial charge in [0.25, 0.3) is 0 Å². The van der Waals surface area contributed by atoms with Crippen LogP contribution in [-0.2, 0) is 25.5 Å². The molecular formula is C26H32Cl2N8O6. The monoisotopic (exact) mass is 622 g/mol. The molecule has 16 heteroatoms. The molecule has 0 unspecified atom stereocenters. The lowest BCUT2D eigenvalue weighted by Crippen LogP contribution is -2.33. The van der Waals surface area contributed by atoms with Crippen molar-refractivity contribution in [2.75, 3.05) is 33.0 Å². The average Bonchev–Trinajstić information content (AvgIpc) is 3.58. The number of nitrogens with one attached hydrogen (secondary N) is 1. The molecule has 0 radical (unpaired) electrons. The second-order valence-electron chi connectivity index (χ2n) is 10.9. The van der Waals surface area contributed by atoms with Crippen molar-refractivity contribution in [2.45, 2.75) is 70.1 Å². The van der Waals surface area contributed by atoms with Crippen LogP contribution in [0.1, 0.15) is 51.6 Å². The fourth-order valence-electron chi connectivity index (χ4n) is 5.72. The highest BCUT2D eigenvalue weighted by Crippen LogP contribution is 2.27. The van der Waals surface area contributed by atoms with E-state index in [4.69, 9.17) is 42.1 Å². The van der Waals surface area contributed by atoms with Gasteiger partial charge in [-0.05, 0) is 62.7 Å². The highest BCUT2D eigenvalue weighted by Gasteiger charge is 2.34. The van der Waals surface area contributed by atoms with Crippen LogP contribution >= 0.6 is 23.2 Å². The minimum absolute atomic E-state index is 0.0492. The quantitative estimate of drug-likeness (QED) is 0.336. The number of halogens is 2. The lowest BCUT2D eigenvalue weighted by atomic mass is 10.1. The summed E-state index contributed by atoms with van der Waals surface area (Å²) in [5, 5.41) is 0.282. The molecular weight excluding hydrogens is 591 g/mol. The molecule has 7 heterocycles. The van der Waals surface area contributed by atoms with Crippen LogP contribution in [-0.4, -0.2) is 83.5 Å². The maximum Gasteiger partial charge on any atom is 0.330 e. The van der Waals surface area contributed by atoms with E-state index in [0.29, 0.717) is 61.9 Å². The topological polar surface area (TPSA) is 153 Å². The number of nitrogens with zero attached hydrogens (tertiary/aromatic N) is 7. The van der Waals surface area contributed by atoms with Crippen molar-refractivity contribution >= 4 is 45.5 Å². The predicted molar refractivity (Wildman–Crippen MR) is 153 cm³/mol. The van der Waals surface area contributed by atoms with Crippen molar-refractivity contribution in [3.8, 4) is 0 Å². The Kier molecular flexibility index (Phi) is 8.35. The SMILES string of the molecule is CC1(C)OC[C@@H](Cn2c(=O)n(C3CCOCC3)c3nc(Cl)ncc32)O1.O=c1[nH]c2cnc(Cl)nc2n1C1CCOCC1. The Hall–Kier alpha value is -2.88. The summed E-state index contributed by atoms with van der Waals surface area (Å²) >= 11 is 11.7. The Morgan fingerprint density at radius 1 is 0.905 bits per heavy atom. The van der Waals surface area contributed by atoms with Gasteiger partial charge >= 0.3 is 11.4 Å². The van der Waals surface area contributed by atoms with Gasteiger partial charge in [0, 0.05) is 38.5 Å². The summed E-state index contributed by atoms with van der Waals surface area (Å²) in [6.07, 6.45) is 6.11. The lowest BCUT2D eigenvalue weighted by Gasteiger charge is -2.22. The van der Waals surface area contributed by atoms with Crippen LogP contribution < -0.4 is 11.4 Å². The van der Waals surface area contributed by atoms with Crippen molar-refractivity contribution in [1.82, 2.24) is 38.6 Å². The molecule has 4 aromatic heterocycles. The predicted octanol–water partition coefficient (Wildman–Crippen LogP) is 2.87. The number of hydrogen-bond donors (Lipinski definition) is 1. The molecule has 0 amide bonds. The van der Waals surface area contributed by atoms with Crippen LogP contribution in [0.15, 0.2) is 22.0 Å². The number of aromatic nitrogens is 8. The third-order valence-electron chi connectivity index (χ3n) is 7.67. The zero-order valence-electron chi connectivity index (χ0n) is 23.3. The van der Waals surface area contributed by atoms with E-state index in [9.17, 15) is 9.59 Å². The van der Waals surface area contributed by atoms with Crippen LogP contribution in [0.4, 0.5) is 0 Å². The number of H-pyrrole nitrogens is 1. The number of hydrogen-bond acceptors (Lipinski definition) is 10. The fourth-order valence-corrected chi connectivity index (χ4v) is 5.98. The van der Waals surface area contributed by atoms with Gasteiger partial charge in [-0.2, -0.15) is 9.97 Å². The maximum absolute atomic E-state index is 13.1. The van der Waals surface area contributed by atoms with E-state index in [1.165, 1.54) is 6.20 Å². The normalized spacial score (nSPS) is 21.6. The van der Waals surface area contributed by atoms with Gasteiger partial charge < -0.3 is 23.9 Å². The highest BCUT2D eigenvalue weighted by atomic mass is 35.5. The molecule has 0 bridgehead atoms. The number of ether oxygens (including phenoxy) is 4. The van der Waals surface area contributed by atoms with E-state index in [1.54, 1.807) is 19.9 Å². The zero-order valence-corrected chi connectivity index (χ0v) is 24.8. The Labute approximate surface area is 249 Å². The Morgan fingerprint density at radius 3 is 2.12 bits per heavy atom. The van der Waals surface area contributed by atoms with E-state index >= 15 is 0 Å². The molecule has 1 atom stereocenters. The molecule has 42 heavy (non-hydrogen) atoms. The summed E-state index contributed by atoms with van der Waals surface area (Å²) in [6, 6.07) is 0.170. The molecule has 0 saturated carbocycles. The van der Waals surface area contributed by atoms with Crippen LogP contribution in [0.2, 0.25) is 10.6 Å². The van der Waals surface area contributed by atoms with E-state index in [1.807, 2.05) is 13.8 Å². The lowest BCUT2D eigenvalue weighted by molar-refractivity contribution is -0.139. The first-order valence-electron chi connectivity index (χ1n) is 13.9.